The van der Waals surface area contributed by atoms with Crippen LogP contribution in [0.2, 0.25) is 0 Å². The van der Waals surface area contributed by atoms with Crippen LogP contribution in [0, 0.1) is 20.8 Å². The van der Waals surface area contributed by atoms with Crippen molar-refractivity contribution >= 4 is 17.2 Å². The van der Waals surface area contributed by atoms with Crippen molar-refractivity contribution in [2.75, 3.05) is 0 Å². The number of aromatic amines is 1. The molecule has 0 aliphatic carbocycles. The van der Waals surface area contributed by atoms with E-state index < -0.39 is 0 Å². The van der Waals surface area contributed by atoms with Crippen molar-refractivity contribution in [2.24, 2.45) is 0 Å². The molecule has 0 spiro atoms. The second kappa shape index (κ2) is 9.17. The lowest BCUT2D eigenvalue weighted by Crippen LogP contribution is -2.28. The molecule has 0 saturated carbocycles. The molecule has 0 bridgehead atoms. The van der Waals surface area contributed by atoms with Gasteiger partial charge in [-0.05, 0) is 56.7 Å². The Labute approximate surface area is 160 Å². The molecule has 1 amide bonds. The first-order valence-corrected chi connectivity index (χ1v) is 10.3. The zero-order chi connectivity index (χ0) is 19.3. The zero-order valence-corrected chi connectivity index (χ0v) is 17.3. The van der Waals surface area contributed by atoms with Crippen molar-refractivity contribution in [3.8, 4) is 0 Å². The quantitative estimate of drug-likeness (QED) is 0.685. The maximum Gasteiger partial charge on any atom is 0.253 e. The highest BCUT2D eigenvalue weighted by Crippen LogP contribution is 2.34. The maximum absolute atomic E-state index is 12.6. The number of aromatic nitrogens is 1. The van der Waals surface area contributed by atoms with Crippen molar-refractivity contribution in [3.63, 3.8) is 0 Å². The molecule has 0 fully saturated rings. The first-order valence-electron chi connectivity index (χ1n) is 9.44. The lowest BCUT2D eigenvalue weighted by Gasteiger charge is -2.14. The standard InChI is InChI=1S/C21H30N2O2S/c1-6-8-9-16(7-2)19-15(5)18(12-26-19)20(24)22-11-17-13(3)10-14(4)23-21(17)25/h10,12,16H,6-9,11H2,1-5H3,(H,22,24)(H,23,25). The number of carbonyl (C=O) groups is 1. The average molecular weight is 375 g/mol. The van der Waals surface area contributed by atoms with Crippen LogP contribution in [0.5, 0.6) is 0 Å². The van der Waals surface area contributed by atoms with E-state index in [-0.39, 0.29) is 18.0 Å². The Morgan fingerprint density at radius 1 is 1.27 bits per heavy atom. The molecule has 26 heavy (non-hydrogen) atoms. The van der Waals surface area contributed by atoms with Crippen LogP contribution in [0.25, 0.3) is 0 Å². The number of hydrogen-bond acceptors (Lipinski definition) is 3. The van der Waals surface area contributed by atoms with E-state index in [0.717, 1.165) is 28.8 Å². The predicted octanol–water partition coefficient (Wildman–Crippen LogP) is 4.98. The fraction of sp³-hybridized carbons (Fsp3) is 0.524. The van der Waals surface area contributed by atoms with E-state index in [9.17, 15) is 9.59 Å². The summed E-state index contributed by atoms with van der Waals surface area (Å²) in [7, 11) is 0. The van der Waals surface area contributed by atoms with Gasteiger partial charge in [0.05, 0.1) is 5.56 Å². The van der Waals surface area contributed by atoms with Crippen molar-refractivity contribution < 1.29 is 4.79 Å². The molecule has 2 aromatic rings. The minimum atomic E-state index is -0.129. The van der Waals surface area contributed by atoms with Gasteiger partial charge in [0, 0.05) is 28.1 Å². The van der Waals surface area contributed by atoms with Gasteiger partial charge in [-0.3, -0.25) is 9.59 Å². The number of hydrogen-bond donors (Lipinski definition) is 2. The molecule has 0 aliphatic rings. The Bertz CT molecular complexity index is 820. The van der Waals surface area contributed by atoms with Crippen LogP contribution >= 0.6 is 11.3 Å². The SMILES string of the molecule is CCCCC(CC)c1scc(C(=O)NCc2c(C)cc(C)[nH]c2=O)c1C. The number of nitrogens with one attached hydrogen (secondary N) is 2. The molecule has 0 saturated heterocycles. The predicted molar refractivity (Wildman–Crippen MR) is 109 cm³/mol. The van der Waals surface area contributed by atoms with Gasteiger partial charge < -0.3 is 10.3 Å². The van der Waals surface area contributed by atoms with Gasteiger partial charge in [0.25, 0.3) is 11.5 Å². The third-order valence-electron chi connectivity index (χ3n) is 5.01. The number of amides is 1. The molecule has 2 N–H and O–H groups in total. The summed E-state index contributed by atoms with van der Waals surface area (Å²) in [6, 6.07) is 1.93. The van der Waals surface area contributed by atoms with Crippen molar-refractivity contribution in [1.29, 1.82) is 0 Å². The lowest BCUT2D eigenvalue weighted by molar-refractivity contribution is 0.0950. The normalized spacial score (nSPS) is 12.2. The number of aryl methyl sites for hydroxylation is 2. The Morgan fingerprint density at radius 3 is 2.62 bits per heavy atom. The van der Waals surface area contributed by atoms with Crippen LogP contribution in [-0.4, -0.2) is 10.9 Å². The first kappa shape index (κ1) is 20.4. The highest BCUT2D eigenvalue weighted by atomic mass is 32.1. The van der Waals surface area contributed by atoms with Gasteiger partial charge in [-0.1, -0.05) is 26.7 Å². The molecular weight excluding hydrogens is 344 g/mol. The first-order chi connectivity index (χ1) is 12.4. The Hall–Kier alpha value is -1.88. The number of H-pyrrole nitrogens is 1. The maximum atomic E-state index is 12.6. The fourth-order valence-corrected chi connectivity index (χ4v) is 4.69. The molecule has 0 aromatic carbocycles. The third kappa shape index (κ3) is 4.64. The number of pyridine rings is 1. The molecule has 4 nitrogen and oxygen atoms in total. The molecule has 0 aliphatic heterocycles. The Balaban J connectivity index is 2.12. The van der Waals surface area contributed by atoms with E-state index >= 15 is 0 Å². The molecule has 5 heteroatoms. The van der Waals surface area contributed by atoms with E-state index in [0.29, 0.717) is 11.5 Å². The van der Waals surface area contributed by atoms with Gasteiger partial charge in [-0.2, -0.15) is 0 Å². The van der Waals surface area contributed by atoms with Crippen LogP contribution in [0.15, 0.2) is 16.2 Å². The van der Waals surface area contributed by atoms with Crippen LogP contribution in [0.3, 0.4) is 0 Å². The van der Waals surface area contributed by atoms with Gasteiger partial charge in [0.2, 0.25) is 0 Å². The summed E-state index contributed by atoms with van der Waals surface area (Å²) < 4.78 is 0. The van der Waals surface area contributed by atoms with Crippen molar-refractivity contribution in [2.45, 2.75) is 72.8 Å². The largest absolute Gasteiger partial charge is 0.348 e. The minimum absolute atomic E-state index is 0.102. The molecule has 0 radical (unpaired) electrons. The van der Waals surface area contributed by atoms with Gasteiger partial charge in [0.15, 0.2) is 0 Å². The van der Waals surface area contributed by atoms with Crippen molar-refractivity contribution in [3.05, 3.63) is 54.6 Å². The molecule has 2 aromatic heterocycles. The summed E-state index contributed by atoms with van der Waals surface area (Å²) in [6.45, 7) is 10.5. The van der Waals surface area contributed by atoms with Crippen molar-refractivity contribution in [1.82, 2.24) is 10.3 Å². The fourth-order valence-electron chi connectivity index (χ4n) is 3.39. The molecule has 1 unspecified atom stereocenters. The molecule has 1 atom stereocenters. The van der Waals surface area contributed by atoms with Gasteiger partial charge in [0.1, 0.15) is 0 Å². The van der Waals surface area contributed by atoms with Crippen LogP contribution in [-0.2, 0) is 6.54 Å². The van der Waals surface area contributed by atoms with E-state index in [4.69, 9.17) is 0 Å². The summed E-state index contributed by atoms with van der Waals surface area (Å²) in [4.78, 5) is 28.9. The number of thiophene rings is 1. The minimum Gasteiger partial charge on any atom is -0.348 e. The lowest BCUT2D eigenvalue weighted by atomic mass is 9.94. The summed E-state index contributed by atoms with van der Waals surface area (Å²) >= 11 is 1.69. The summed E-state index contributed by atoms with van der Waals surface area (Å²) in [5.74, 6) is 0.429. The van der Waals surface area contributed by atoms with E-state index in [1.54, 1.807) is 11.3 Å². The summed E-state index contributed by atoms with van der Waals surface area (Å²) in [5.41, 5.74) is 4.05. The topological polar surface area (TPSA) is 62.0 Å². The molecular formula is C21H30N2O2S. The zero-order valence-electron chi connectivity index (χ0n) is 16.5. The second-order valence-corrected chi connectivity index (χ2v) is 7.92. The highest BCUT2D eigenvalue weighted by molar-refractivity contribution is 7.10. The van der Waals surface area contributed by atoms with Gasteiger partial charge in [-0.15, -0.1) is 11.3 Å². The third-order valence-corrected chi connectivity index (χ3v) is 6.26. The molecule has 2 heterocycles. The average Bonchev–Trinajstić information content (AvgIpc) is 2.96. The van der Waals surface area contributed by atoms with Gasteiger partial charge >= 0.3 is 0 Å². The number of rotatable bonds is 8. The number of unbranched alkanes of at least 4 members (excludes halogenated alkanes) is 1. The van der Waals surface area contributed by atoms with Crippen LogP contribution in [0.4, 0.5) is 0 Å². The van der Waals surface area contributed by atoms with E-state index in [1.807, 2.05) is 32.2 Å². The van der Waals surface area contributed by atoms with Gasteiger partial charge in [-0.25, -0.2) is 0 Å². The van der Waals surface area contributed by atoms with Crippen LogP contribution < -0.4 is 10.9 Å². The highest BCUT2D eigenvalue weighted by Gasteiger charge is 2.20. The Kier molecular flexibility index (Phi) is 7.21. The monoisotopic (exact) mass is 374 g/mol. The molecule has 2 rings (SSSR count). The van der Waals surface area contributed by atoms with Crippen LogP contribution in [0.1, 0.15) is 83.1 Å². The van der Waals surface area contributed by atoms with E-state index in [2.05, 4.69) is 24.1 Å². The smallest absolute Gasteiger partial charge is 0.253 e. The van der Waals surface area contributed by atoms with E-state index in [1.165, 1.54) is 24.1 Å². The number of carbonyl (C=O) groups excluding carboxylic acids is 1. The second-order valence-electron chi connectivity index (χ2n) is 7.01. The Morgan fingerprint density at radius 2 is 2.00 bits per heavy atom. The molecule has 142 valence electrons. The summed E-state index contributed by atoms with van der Waals surface area (Å²) in [6.07, 6.45) is 4.68. The summed E-state index contributed by atoms with van der Waals surface area (Å²) in [5, 5.41) is 4.88.